The van der Waals surface area contributed by atoms with E-state index in [0.717, 1.165) is 30.2 Å². The van der Waals surface area contributed by atoms with Gasteiger partial charge in [-0.2, -0.15) is 0 Å². The third kappa shape index (κ3) is 3.80. The van der Waals surface area contributed by atoms with Crippen molar-refractivity contribution in [3.63, 3.8) is 0 Å². The monoisotopic (exact) mass is 384 g/mol. The predicted molar refractivity (Wildman–Crippen MR) is 102 cm³/mol. The van der Waals surface area contributed by atoms with Gasteiger partial charge in [0.2, 0.25) is 0 Å². The number of hydrogen-bond donors (Lipinski definition) is 0. The van der Waals surface area contributed by atoms with Crippen LogP contribution in [0.2, 0.25) is 0 Å². The molecule has 1 amide bonds. The number of nitrogens with zero attached hydrogens (tertiary/aromatic N) is 2. The standard InChI is InChI=1S/C20H20N2O6/c1-3-28-20(24)15-9-14(10-16(11-15)22(25)26)19(23)21-8-4-5-13-12-17(27-2)6-7-18(13)21/h6-7,9-12H,3-5,8H2,1-2H3. The lowest BCUT2D eigenvalue weighted by atomic mass is 9.99. The first kappa shape index (κ1) is 19.3. The lowest BCUT2D eigenvalue weighted by Crippen LogP contribution is -2.35. The molecule has 0 aromatic heterocycles. The Hall–Kier alpha value is -3.42. The van der Waals surface area contributed by atoms with Crippen molar-refractivity contribution in [2.24, 2.45) is 0 Å². The van der Waals surface area contributed by atoms with Crippen LogP contribution in [0.5, 0.6) is 5.75 Å². The second-order valence-electron chi connectivity index (χ2n) is 6.30. The van der Waals surface area contributed by atoms with Crippen LogP contribution in [0, 0.1) is 10.1 Å². The maximum atomic E-state index is 13.1. The Bertz CT molecular complexity index is 940. The average Bonchev–Trinajstić information content (AvgIpc) is 2.72. The highest BCUT2D eigenvalue weighted by Crippen LogP contribution is 2.32. The van der Waals surface area contributed by atoms with Crippen LogP contribution >= 0.6 is 0 Å². The molecule has 0 spiro atoms. The summed E-state index contributed by atoms with van der Waals surface area (Å²) in [7, 11) is 1.58. The fourth-order valence-corrected chi connectivity index (χ4v) is 3.24. The first-order valence-electron chi connectivity index (χ1n) is 8.90. The highest BCUT2D eigenvalue weighted by Gasteiger charge is 2.26. The van der Waals surface area contributed by atoms with Crippen LogP contribution in [0.3, 0.4) is 0 Å². The summed E-state index contributed by atoms with van der Waals surface area (Å²) in [6, 6.07) is 9.08. The fraction of sp³-hybridized carbons (Fsp3) is 0.300. The van der Waals surface area contributed by atoms with Gasteiger partial charge in [0.05, 0.1) is 24.2 Å². The van der Waals surface area contributed by atoms with E-state index in [1.54, 1.807) is 31.1 Å². The van der Waals surface area contributed by atoms with Gasteiger partial charge in [0, 0.05) is 29.9 Å². The topological polar surface area (TPSA) is 99.0 Å². The molecule has 0 fully saturated rings. The van der Waals surface area contributed by atoms with Crippen LogP contribution in [0.25, 0.3) is 0 Å². The van der Waals surface area contributed by atoms with Crippen LogP contribution in [-0.4, -0.2) is 37.1 Å². The Labute approximate surface area is 161 Å². The molecule has 3 rings (SSSR count). The molecule has 1 aliphatic heterocycles. The molecule has 0 radical (unpaired) electrons. The zero-order chi connectivity index (χ0) is 20.3. The smallest absolute Gasteiger partial charge is 0.338 e. The second-order valence-corrected chi connectivity index (χ2v) is 6.30. The summed E-state index contributed by atoms with van der Waals surface area (Å²) in [4.78, 5) is 37.4. The number of benzene rings is 2. The molecule has 1 aliphatic rings. The molecule has 0 N–H and O–H groups in total. The normalized spacial score (nSPS) is 12.9. The number of methoxy groups -OCH3 is 1. The molecule has 8 heteroatoms. The summed E-state index contributed by atoms with van der Waals surface area (Å²) in [5.41, 5.74) is 1.42. The number of fused-ring (bicyclic) bond motifs is 1. The lowest BCUT2D eigenvalue weighted by Gasteiger charge is -2.30. The Balaban J connectivity index is 2.01. The van der Waals surface area contributed by atoms with Gasteiger partial charge in [0.15, 0.2) is 0 Å². The summed E-state index contributed by atoms with van der Waals surface area (Å²) >= 11 is 0. The van der Waals surface area contributed by atoms with E-state index in [1.165, 1.54) is 12.1 Å². The third-order valence-electron chi connectivity index (χ3n) is 4.54. The number of carbonyl (C=O) groups is 2. The van der Waals surface area contributed by atoms with Gasteiger partial charge in [-0.3, -0.25) is 14.9 Å². The van der Waals surface area contributed by atoms with E-state index >= 15 is 0 Å². The highest BCUT2D eigenvalue weighted by atomic mass is 16.6. The van der Waals surface area contributed by atoms with Crippen molar-refractivity contribution in [2.45, 2.75) is 19.8 Å². The molecule has 0 bridgehead atoms. The molecule has 2 aromatic rings. The number of ether oxygens (including phenoxy) is 2. The summed E-state index contributed by atoms with van der Waals surface area (Å²) in [6.45, 7) is 2.25. The van der Waals surface area contributed by atoms with Crippen molar-refractivity contribution >= 4 is 23.3 Å². The zero-order valence-corrected chi connectivity index (χ0v) is 15.6. The van der Waals surface area contributed by atoms with Crippen LogP contribution in [-0.2, 0) is 11.2 Å². The molecule has 146 valence electrons. The number of esters is 1. The van der Waals surface area contributed by atoms with E-state index in [0.29, 0.717) is 12.3 Å². The highest BCUT2D eigenvalue weighted by molar-refractivity contribution is 6.08. The number of carbonyl (C=O) groups excluding carboxylic acids is 2. The molecule has 8 nitrogen and oxygen atoms in total. The van der Waals surface area contributed by atoms with Gasteiger partial charge in [0.1, 0.15) is 5.75 Å². The van der Waals surface area contributed by atoms with Gasteiger partial charge in [0.25, 0.3) is 11.6 Å². The van der Waals surface area contributed by atoms with Gasteiger partial charge < -0.3 is 14.4 Å². The minimum atomic E-state index is -0.705. The van der Waals surface area contributed by atoms with Crippen molar-refractivity contribution < 1.29 is 24.0 Å². The van der Waals surface area contributed by atoms with Gasteiger partial charge in [-0.05, 0) is 49.6 Å². The number of amides is 1. The quantitative estimate of drug-likeness (QED) is 0.445. The summed E-state index contributed by atoms with van der Waals surface area (Å²) < 4.78 is 10.2. The Kier molecular flexibility index (Phi) is 5.58. The number of non-ortho nitro benzene ring substituents is 1. The number of aryl methyl sites for hydroxylation is 1. The molecule has 0 saturated heterocycles. The van der Waals surface area contributed by atoms with Crippen LogP contribution in [0.4, 0.5) is 11.4 Å². The molecule has 0 aliphatic carbocycles. The average molecular weight is 384 g/mol. The van der Waals surface area contributed by atoms with E-state index in [2.05, 4.69) is 0 Å². The fourth-order valence-electron chi connectivity index (χ4n) is 3.24. The molecule has 2 aromatic carbocycles. The van der Waals surface area contributed by atoms with Gasteiger partial charge in [-0.25, -0.2) is 4.79 Å². The Morgan fingerprint density at radius 1 is 1.18 bits per heavy atom. The van der Waals surface area contributed by atoms with Crippen LogP contribution in [0.1, 0.15) is 39.6 Å². The lowest BCUT2D eigenvalue weighted by molar-refractivity contribution is -0.384. The van der Waals surface area contributed by atoms with Gasteiger partial charge in [-0.15, -0.1) is 0 Å². The number of rotatable bonds is 5. The molecule has 0 atom stereocenters. The Morgan fingerprint density at radius 3 is 2.61 bits per heavy atom. The molecule has 0 saturated carbocycles. The zero-order valence-electron chi connectivity index (χ0n) is 15.6. The number of nitro benzene ring substituents is 1. The largest absolute Gasteiger partial charge is 0.497 e. The Morgan fingerprint density at radius 2 is 1.93 bits per heavy atom. The SMILES string of the molecule is CCOC(=O)c1cc(C(=O)N2CCCc3cc(OC)ccc32)cc([N+](=O)[O-])c1. The number of nitro groups is 1. The van der Waals surface area contributed by atoms with Crippen molar-refractivity contribution in [1.29, 1.82) is 0 Å². The third-order valence-corrected chi connectivity index (χ3v) is 4.54. The first-order chi connectivity index (χ1) is 13.4. The van der Waals surface area contributed by atoms with E-state index in [9.17, 15) is 19.7 Å². The van der Waals surface area contributed by atoms with E-state index in [-0.39, 0.29) is 23.4 Å². The van der Waals surface area contributed by atoms with Crippen LogP contribution in [0.15, 0.2) is 36.4 Å². The minimum absolute atomic E-state index is 0.0219. The van der Waals surface area contributed by atoms with E-state index in [4.69, 9.17) is 9.47 Å². The second kappa shape index (κ2) is 8.08. The summed E-state index contributed by atoms with van der Waals surface area (Å²) in [5.74, 6) is -0.405. The maximum absolute atomic E-state index is 13.1. The minimum Gasteiger partial charge on any atom is -0.497 e. The molecule has 1 heterocycles. The van der Waals surface area contributed by atoms with Crippen molar-refractivity contribution in [2.75, 3.05) is 25.2 Å². The molecular formula is C20H20N2O6. The maximum Gasteiger partial charge on any atom is 0.338 e. The van der Waals surface area contributed by atoms with Crippen molar-refractivity contribution in [3.05, 3.63) is 63.2 Å². The molecular weight excluding hydrogens is 364 g/mol. The molecule has 28 heavy (non-hydrogen) atoms. The van der Waals surface area contributed by atoms with Crippen molar-refractivity contribution in [1.82, 2.24) is 0 Å². The number of anilines is 1. The number of hydrogen-bond acceptors (Lipinski definition) is 6. The summed E-state index contributed by atoms with van der Waals surface area (Å²) in [6.07, 6.45) is 1.56. The summed E-state index contributed by atoms with van der Waals surface area (Å²) in [5, 5.41) is 11.3. The predicted octanol–water partition coefficient (Wildman–Crippen LogP) is 3.37. The molecule has 0 unspecified atom stereocenters. The van der Waals surface area contributed by atoms with Gasteiger partial charge in [-0.1, -0.05) is 0 Å². The van der Waals surface area contributed by atoms with Crippen molar-refractivity contribution in [3.8, 4) is 5.75 Å². The van der Waals surface area contributed by atoms with E-state index in [1.807, 2.05) is 6.07 Å². The van der Waals surface area contributed by atoms with Crippen LogP contribution < -0.4 is 9.64 Å². The van der Waals surface area contributed by atoms with E-state index < -0.39 is 16.8 Å². The van der Waals surface area contributed by atoms with Gasteiger partial charge >= 0.3 is 5.97 Å². The first-order valence-corrected chi connectivity index (χ1v) is 8.90.